The van der Waals surface area contributed by atoms with Gasteiger partial charge in [0.15, 0.2) is 0 Å². The van der Waals surface area contributed by atoms with Crippen LogP contribution in [0.1, 0.15) is 6.92 Å². The summed E-state index contributed by atoms with van der Waals surface area (Å²) in [6.45, 7) is 0.626. The predicted molar refractivity (Wildman–Crippen MR) is 79.1 cm³/mol. The number of nitro groups is 1. The number of non-ortho nitro benzene ring substituents is 1. The number of hydrogen-bond donors (Lipinski definition) is 4. The van der Waals surface area contributed by atoms with E-state index in [4.69, 9.17) is 9.47 Å². The number of ether oxygens (including phenoxy) is 2. The highest BCUT2D eigenvalue weighted by molar-refractivity contribution is 5.73. The number of aliphatic hydroxyl groups excluding tert-OH is 3. The smallest absolute Gasteiger partial charge is 0.273 e. The number of nitro benzene ring substituents is 1. The van der Waals surface area contributed by atoms with Gasteiger partial charge in [-0.15, -0.1) is 0 Å². The van der Waals surface area contributed by atoms with Crippen LogP contribution in [-0.4, -0.2) is 63.4 Å². The first-order valence-corrected chi connectivity index (χ1v) is 7.14. The molecule has 24 heavy (non-hydrogen) atoms. The number of amides is 1. The van der Waals surface area contributed by atoms with Crippen LogP contribution in [0.15, 0.2) is 24.3 Å². The van der Waals surface area contributed by atoms with Gasteiger partial charge in [-0.2, -0.15) is 0 Å². The Morgan fingerprint density at radius 1 is 1.42 bits per heavy atom. The van der Waals surface area contributed by atoms with Crippen LogP contribution in [0.3, 0.4) is 0 Å². The molecule has 0 aliphatic carbocycles. The molecule has 1 aromatic carbocycles. The molecule has 1 fully saturated rings. The zero-order valence-corrected chi connectivity index (χ0v) is 12.7. The van der Waals surface area contributed by atoms with Crippen LogP contribution in [0, 0.1) is 10.1 Å². The number of benzene rings is 1. The molecule has 1 saturated heterocycles. The maximum absolute atomic E-state index is 11.3. The largest absolute Gasteiger partial charge is 0.462 e. The average Bonchev–Trinajstić information content (AvgIpc) is 2.54. The first kappa shape index (κ1) is 18.1. The molecule has 1 amide bonds. The van der Waals surface area contributed by atoms with E-state index in [1.54, 1.807) is 0 Å². The van der Waals surface area contributed by atoms with Crippen LogP contribution in [0.4, 0.5) is 5.69 Å². The van der Waals surface area contributed by atoms with E-state index in [0.29, 0.717) is 0 Å². The van der Waals surface area contributed by atoms with Crippen molar-refractivity contribution in [2.75, 3.05) is 6.61 Å². The van der Waals surface area contributed by atoms with Crippen molar-refractivity contribution < 1.29 is 34.5 Å². The molecule has 10 heteroatoms. The van der Waals surface area contributed by atoms with Crippen LogP contribution in [0.25, 0.3) is 0 Å². The molecule has 132 valence electrons. The number of nitrogens with zero attached hydrogens (tertiary/aromatic N) is 1. The van der Waals surface area contributed by atoms with E-state index >= 15 is 0 Å². The van der Waals surface area contributed by atoms with Crippen LogP contribution in [-0.2, 0) is 9.53 Å². The third-order valence-corrected chi connectivity index (χ3v) is 3.53. The van der Waals surface area contributed by atoms with Crippen molar-refractivity contribution in [3.05, 3.63) is 34.4 Å². The molecule has 0 unspecified atom stereocenters. The van der Waals surface area contributed by atoms with Crippen LogP contribution >= 0.6 is 0 Å². The van der Waals surface area contributed by atoms with E-state index < -0.39 is 48.1 Å². The minimum absolute atomic E-state index is 0.0739. The van der Waals surface area contributed by atoms with Gasteiger partial charge in [0.25, 0.3) is 5.69 Å². The van der Waals surface area contributed by atoms with Crippen LogP contribution in [0.5, 0.6) is 5.75 Å². The van der Waals surface area contributed by atoms with Crippen LogP contribution in [0.2, 0.25) is 0 Å². The van der Waals surface area contributed by atoms with Gasteiger partial charge in [-0.3, -0.25) is 14.9 Å². The Labute approximate surface area is 136 Å². The molecule has 1 aromatic rings. The molecule has 10 nitrogen and oxygen atoms in total. The Morgan fingerprint density at radius 3 is 2.71 bits per heavy atom. The Balaban J connectivity index is 2.24. The van der Waals surface area contributed by atoms with Gasteiger partial charge in [0.05, 0.1) is 17.6 Å². The number of nitrogens with one attached hydrogen (secondary N) is 1. The lowest BCUT2D eigenvalue weighted by Crippen LogP contribution is -2.65. The first-order valence-electron chi connectivity index (χ1n) is 7.14. The summed E-state index contributed by atoms with van der Waals surface area (Å²) in [4.78, 5) is 21.5. The molecule has 4 N–H and O–H groups in total. The molecular weight excluding hydrogens is 324 g/mol. The summed E-state index contributed by atoms with van der Waals surface area (Å²) >= 11 is 0. The first-order chi connectivity index (χ1) is 11.3. The Hall–Kier alpha value is -2.27. The molecule has 0 aromatic heterocycles. The van der Waals surface area contributed by atoms with E-state index in [1.807, 2.05) is 0 Å². The maximum atomic E-state index is 11.3. The summed E-state index contributed by atoms with van der Waals surface area (Å²) in [6.07, 6.45) is -5.28. The van der Waals surface area contributed by atoms with Crippen molar-refractivity contribution in [3.63, 3.8) is 0 Å². The van der Waals surface area contributed by atoms with Crippen molar-refractivity contribution >= 4 is 11.6 Å². The molecule has 1 aliphatic heterocycles. The average molecular weight is 342 g/mol. The summed E-state index contributed by atoms with van der Waals surface area (Å²) in [7, 11) is 0. The Kier molecular flexibility index (Phi) is 5.67. The van der Waals surface area contributed by atoms with E-state index in [9.17, 15) is 30.2 Å². The summed E-state index contributed by atoms with van der Waals surface area (Å²) < 4.78 is 10.9. The predicted octanol–water partition coefficient (Wildman–Crippen LogP) is -1.08. The van der Waals surface area contributed by atoms with E-state index in [-0.39, 0.29) is 11.4 Å². The SMILES string of the molecule is CC(=O)N[C@H]1[C@@H](Oc2cccc([N+](=O)[O-])c2)O[C@H](CO)[C@H](O)[C@@H]1O. The minimum atomic E-state index is -1.46. The van der Waals surface area contributed by atoms with Crippen molar-refractivity contribution in [1.29, 1.82) is 0 Å². The van der Waals surface area contributed by atoms with Crippen LogP contribution < -0.4 is 10.1 Å². The molecule has 1 aliphatic rings. The van der Waals surface area contributed by atoms with Gasteiger partial charge < -0.3 is 30.1 Å². The second-order valence-corrected chi connectivity index (χ2v) is 5.31. The van der Waals surface area contributed by atoms with Gasteiger partial charge in [-0.05, 0) is 6.07 Å². The normalized spacial score (nSPS) is 29.8. The standard InChI is InChI=1S/C14H18N2O8/c1-7(18)15-11-13(20)12(19)10(6-17)24-14(11)23-9-4-2-3-8(5-9)16(21)22/h2-5,10-14,17,19-20H,6H2,1H3,(H,15,18)/t10-,11-,12+,13-,14+/m1/s1. The summed E-state index contributed by atoms with van der Waals surface area (Å²) in [5.74, 6) is -0.422. The number of hydrogen-bond acceptors (Lipinski definition) is 8. The van der Waals surface area contributed by atoms with Crippen molar-refractivity contribution in [3.8, 4) is 5.75 Å². The van der Waals surface area contributed by atoms with E-state index in [0.717, 1.165) is 6.07 Å². The lowest BCUT2D eigenvalue weighted by molar-refractivity contribution is -0.385. The second kappa shape index (κ2) is 7.53. The topological polar surface area (TPSA) is 151 Å². The molecule has 0 saturated carbocycles. The number of carbonyl (C=O) groups is 1. The van der Waals surface area contributed by atoms with Crippen molar-refractivity contribution in [2.24, 2.45) is 0 Å². The third kappa shape index (κ3) is 3.97. The van der Waals surface area contributed by atoms with Crippen molar-refractivity contribution in [1.82, 2.24) is 5.32 Å². The number of carbonyl (C=O) groups excluding carboxylic acids is 1. The fraction of sp³-hybridized carbons (Fsp3) is 0.500. The molecule has 1 heterocycles. The summed E-state index contributed by atoms with van der Waals surface area (Å²) in [5.41, 5.74) is -0.210. The van der Waals surface area contributed by atoms with Gasteiger partial charge in [0.1, 0.15) is 30.1 Å². The fourth-order valence-corrected chi connectivity index (χ4v) is 2.38. The monoisotopic (exact) mass is 342 g/mol. The van der Waals surface area contributed by atoms with E-state index in [2.05, 4.69) is 5.32 Å². The molecule has 5 atom stereocenters. The Bertz CT molecular complexity index is 610. The molecule has 0 bridgehead atoms. The molecule has 0 spiro atoms. The lowest BCUT2D eigenvalue weighted by Gasteiger charge is -2.42. The number of aliphatic hydroxyl groups is 3. The second-order valence-electron chi connectivity index (χ2n) is 5.31. The summed E-state index contributed by atoms with van der Waals surface area (Å²) in [6, 6.07) is 4.14. The van der Waals surface area contributed by atoms with Gasteiger partial charge in [0.2, 0.25) is 12.2 Å². The number of rotatable bonds is 5. The highest BCUT2D eigenvalue weighted by Crippen LogP contribution is 2.26. The van der Waals surface area contributed by atoms with E-state index in [1.165, 1.54) is 25.1 Å². The zero-order chi connectivity index (χ0) is 17.9. The molecule has 2 rings (SSSR count). The minimum Gasteiger partial charge on any atom is -0.462 e. The van der Waals surface area contributed by atoms with Gasteiger partial charge >= 0.3 is 0 Å². The fourth-order valence-electron chi connectivity index (χ4n) is 2.38. The molecule has 0 radical (unpaired) electrons. The Morgan fingerprint density at radius 2 is 2.12 bits per heavy atom. The van der Waals surface area contributed by atoms with Crippen molar-refractivity contribution in [2.45, 2.75) is 37.6 Å². The van der Waals surface area contributed by atoms with Gasteiger partial charge in [-0.1, -0.05) is 6.07 Å². The highest BCUT2D eigenvalue weighted by Gasteiger charge is 2.46. The maximum Gasteiger partial charge on any atom is 0.273 e. The zero-order valence-electron chi connectivity index (χ0n) is 12.7. The third-order valence-electron chi connectivity index (χ3n) is 3.53. The van der Waals surface area contributed by atoms with Gasteiger partial charge in [-0.25, -0.2) is 0 Å². The van der Waals surface area contributed by atoms with Gasteiger partial charge in [0, 0.05) is 13.0 Å². The molecular formula is C14H18N2O8. The lowest BCUT2D eigenvalue weighted by atomic mass is 9.97. The summed E-state index contributed by atoms with van der Waals surface area (Å²) in [5, 5.41) is 42.4. The highest BCUT2D eigenvalue weighted by atomic mass is 16.7. The quantitative estimate of drug-likeness (QED) is 0.389.